The number of nitrogens with zero attached hydrogens (tertiary/aromatic N) is 1. The van der Waals surface area contributed by atoms with E-state index in [1.807, 2.05) is 0 Å². The highest BCUT2D eigenvalue weighted by Gasteiger charge is 2.01. The first kappa shape index (κ1) is 7.60. The van der Waals surface area contributed by atoms with Crippen LogP contribution in [0.15, 0.2) is 24.4 Å². The highest BCUT2D eigenvalue weighted by atomic mass is 16.2. The molecular formula is C8H6NO2. The van der Waals surface area contributed by atoms with Crippen molar-refractivity contribution in [2.45, 2.75) is 6.42 Å². The lowest BCUT2D eigenvalue weighted by Gasteiger charge is -1.91. The van der Waals surface area contributed by atoms with Crippen LogP contribution in [0.25, 0.3) is 0 Å². The van der Waals surface area contributed by atoms with E-state index >= 15 is 0 Å². The summed E-state index contributed by atoms with van der Waals surface area (Å²) in [5.74, 6) is -0.566. The van der Waals surface area contributed by atoms with Crippen molar-refractivity contribution in [1.82, 2.24) is 4.98 Å². The molecule has 0 unspecified atom stereocenters. The monoisotopic (exact) mass is 148 g/mol. The maximum Gasteiger partial charge on any atom is 0.272 e. The van der Waals surface area contributed by atoms with Crippen molar-refractivity contribution >= 4 is 12.1 Å². The van der Waals surface area contributed by atoms with Crippen LogP contribution in [0.5, 0.6) is 0 Å². The third-order valence-electron chi connectivity index (χ3n) is 1.18. The molecule has 0 N–H and O–H groups in total. The normalized spacial score (nSPS) is 9.09. The second kappa shape index (κ2) is 3.61. The van der Waals surface area contributed by atoms with Crippen LogP contribution >= 0.6 is 0 Å². The van der Waals surface area contributed by atoms with Gasteiger partial charge in [-0.1, -0.05) is 6.07 Å². The topological polar surface area (TPSA) is 47.0 Å². The zero-order chi connectivity index (χ0) is 8.10. The number of carbonyl (C=O) groups is 1. The van der Waals surface area contributed by atoms with Gasteiger partial charge in [0.1, 0.15) is 0 Å². The molecule has 0 spiro atoms. The molecule has 0 bridgehead atoms. The SMILES string of the molecule is O=[C]C(=O)Cc1ccccn1. The summed E-state index contributed by atoms with van der Waals surface area (Å²) >= 11 is 0. The summed E-state index contributed by atoms with van der Waals surface area (Å²) in [5, 5.41) is 0. The summed E-state index contributed by atoms with van der Waals surface area (Å²) in [6, 6.07) is 5.20. The van der Waals surface area contributed by atoms with Crippen LogP contribution in [0.4, 0.5) is 0 Å². The molecule has 0 aliphatic rings. The van der Waals surface area contributed by atoms with Crippen molar-refractivity contribution in [3.8, 4) is 0 Å². The molecular weight excluding hydrogens is 142 g/mol. The van der Waals surface area contributed by atoms with Gasteiger partial charge in [-0.15, -0.1) is 0 Å². The Labute approximate surface area is 64.1 Å². The summed E-state index contributed by atoms with van der Waals surface area (Å²) in [4.78, 5) is 24.2. The molecule has 11 heavy (non-hydrogen) atoms. The van der Waals surface area contributed by atoms with E-state index < -0.39 is 5.78 Å². The van der Waals surface area contributed by atoms with Crippen molar-refractivity contribution in [2.75, 3.05) is 0 Å². The van der Waals surface area contributed by atoms with Crippen molar-refractivity contribution in [2.24, 2.45) is 0 Å². The molecule has 1 heterocycles. The Balaban J connectivity index is 2.65. The third kappa shape index (κ3) is 2.29. The Morgan fingerprint density at radius 1 is 1.55 bits per heavy atom. The molecule has 0 aliphatic carbocycles. The van der Waals surface area contributed by atoms with Gasteiger partial charge < -0.3 is 0 Å². The van der Waals surface area contributed by atoms with E-state index in [2.05, 4.69) is 4.98 Å². The predicted octanol–water partition coefficient (Wildman–Crippen LogP) is 0.303. The number of Topliss-reactive ketones (excluding diaryl/α,β-unsaturated/α-hetero) is 1. The molecule has 0 saturated carbocycles. The quantitative estimate of drug-likeness (QED) is 0.579. The lowest BCUT2D eigenvalue weighted by molar-refractivity contribution is -0.112. The van der Waals surface area contributed by atoms with Gasteiger partial charge in [0.15, 0.2) is 0 Å². The number of aromatic nitrogens is 1. The molecule has 0 aliphatic heterocycles. The molecule has 55 valence electrons. The molecule has 0 saturated heterocycles. The summed E-state index contributed by atoms with van der Waals surface area (Å²) in [6.07, 6.45) is 2.91. The summed E-state index contributed by atoms with van der Waals surface area (Å²) in [6.45, 7) is 0. The van der Waals surface area contributed by atoms with Crippen LogP contribution in [0.3, 0.4) is 0 Å². The zero-order valence-electron chi connectivity index (χ0n) is 5.78. The van der Waals surface area contributed by atoms with Crippen LogP contribution in [0.1, 0.15) is 5.69 Å². The Hall–Kier alpha value is -1.51. The Bertz CT molecular complexity index is 256. The number of hydrogen-bond donors (Lipinski definition) is 0. The lowest BCUT2D eigenvalue weighted by atomic mass is 10.2. The van der Waals surface area contributed by atoms with Crippen LogP contribution < -0.4 is 0 Å². The summed E-state index contributed by atoms with van der Waals surface area (Å²) < 4.78 is 0. The minimum atomic E-state index is -0.566. The van der Waals surface area contributed by atoms with Gasteiger partial charge in [-0.3, -0.25) is 14.6 Å². The average molecular weight is 148 g/mol. The van der Waals surface area contributed by atoms with Crippen LogP contribution in [0, 0.1) is 0 Å². The second-order valence-corrected chi connectivity index (χ2v) is 2.02. The van der Waals surface area contributed by atoms with E-state index in [0.29, 0.717) is 5.69 Å². The largest absolute Gasteiger partial charge is 0.290 e. The molecule has 1 aromatic heterocycles. The fraction of sp³-hybridized carbons (Fsp3) is 0.125. The minimum Gasteiger partial charge on any atom is -0.290 e. The Morgan fingerprint density at radius 2 is 2.36 bits per heavy atom. The van der Waals surface area contributed by atoms with Gasteiger partial charge in [-0.25, -0.2) is 0 Å². The number of ketones is 1. The van der Waals surface area contributed by atoms with E-state index in [-0.39, 0.29) is 6.42 Å². The molecule has 0 atom stereocenters. The summed E-state index contributed by atoms with van der Waals surface area (Å²) in [5.41, 5.74) is 0.598. The minimum absolute atomic E-state index is 0.0460. The number of hydrogen-bond acceptors (Lipinski definition) is 3. The van der Waals surface area contributed by atoms with Gasteiger partial charge in [0.05, 0.1) is 6.42 Å². The van der Waals surface area contributed by atoms with E-state index in [4.69, 9.17) is 0 Å². The second-order valence-electron chi connectivity index (χ2n) is 2.02. The standard InChI is InChI=1S/C8H6NO2/c10-6-8(11)5-7-3-1-2-4-9-7/h1-4H,5H2. The van der Waals surface area contributed by atoms with Crippen LogP contribution in [-0.4, -0.2) is 17.1 Å². The lowest BCUT2D eigenvalue weighted by Crippen LogP contribution is -2.04. The molecule has 1 radical (unpaired) electrons. The Morgan fingerprint density at radius 3 is 2.91 bits per heavy atom. The van der Waals surface area contributed by atoms with E-state index in [1.54, 1.807) is 24.4 Å². The first-order chi connectivity index (χ1) is 5.33. The van der Waals surface area contributed by atoms with Crippen molar-refractivity contribution in [1.29, 1.82) is 0 Å². The molecule has 3 nitrogen and oxygen atoms in total. The zero-order valence-corrected chi connectivity index (χ0v) is 5.78. The molecule has 0 fully saturated rings. The van der Waals surface area contributed by atoms with E-state index in [9.17, 15) is 9.59 Å². The van der Waals surface area contributed by atoms with Gasteiger partial charge in [0.25, 0.3) is 6.29 Å². The average Bonchev–Trinajstić information content (AvgIpc) is 2.06. The first-order valence-corrected chi connectivity index (χ1v) is 3.14. The van der Waals surface area contributed by atoms with Gasteiger partial charge in [0.2, 0.25) is 5.78 Å². The third-order valence-corrected chi connectivity index (χ3v) is 1.18. The smallest absolute Gasteiger partial charge is 0.272 e. The van der Waals surface area contributed by atoms with Gasteiger partial charge in [0, 0.05) is 11.9 Å². The predicted molar refractivity (Wildman–Crippen MR) is 38.6 cm³/mol. The highest BCUT2D eigenvalue weighted by Crippen LogP contribution is 1.93. The molecule has 1 rings (SSSR count). The maximum atomic E-state index is 10.5. The van der Waals surface area contributed by atoms with Gasteiger partial charge in [-0.2, -0.15) is 0 Å². The highest BCUT2D eigenvalue weighted by molar-refractivity contribution is 6.25. The maximum absolute atomic E-state index is 10.5. The first-order valence-electron chi connectivity index (χ1n) is 3.14. The number of carbonyl (C=O) groups excluding carboxylic acids is 2. The van der Waals surface area contributed by atoms with Crippen LogP contribution in [0.2, 0.25) is 0 Å². The van der Waals surface area contributed by atoms with Crippen LogP contribution in [-0.2, 0) is 16.0 Å². The number of pyridine rings is 1. The fourth-order valence-corrected chi connectivity index (χ4v) is 0.703. The molecule has 1 aromatic rings. The van der Waals surface area contributed by atoms with E-state index in [0.717, 1.165) is 0 Å². The molecule has 0 amide bonds. The fourth-order valence-electron chi connectivity index (χ4n) is 0.703. The van der Waals surface area contributed by atoms with Gasteiger partial charge >= 0.3 is 0 Å². The van der Waals surface area contributed by atoms with Crippen molar-refractivity contribution < 1.29 is 9.59 Å². The van der Waals surface area contributed by atoms with Gasteiger partial charge in [-0.05, 0) is 12.1 Å². The number of rotatable bonds is 3. The molecule has 3 heteroatoms. The molecule has 0 aromatic carbocycles. The summed E-state index contributed by atoms with van der Waals surface area (Å²) in [7, 11) is 0. The van der Waals surface area contributed by atoms with Crippen molar-refractivity contribution in [3.05, 3.63) is 30.1 Å². The van der Waals surface area contributed by atoms with Crippen molar-refractivity contribution in [3.63, 3.8) is 0 Å². The van der Waals surface area contributed by atoms with E-state index in [1.165, 1.54) is 6.29 Å². The Kier molecular flexibility index (Phi) is 2.49.